The van der Waals surface area contributed by atoms with Crippen molar-refractivity contribution in [2.45, 2.75) is 12.3 Å². The highest BCUT2D eigenvalue weighted by molar-refractivity contribution is 5.80. The minimum atomic E-state index is -0.323. The lowest BCUT2D eigenvalue weighted by Crippen LogP contribution is -2.22. The maximum atomic E-state index is 12.3. The summed E-state index contributed by atoms with van der Waals surface area (Å²) in [7, 11) is 4.61. The summed E-state index contributed by atoms with van der Waals surface area (Å²) in [5, 5.41) is 0. The average Bonchev–Trinajstić information content (AvgIpc) is 2.71. The fraction of sp³-hybridized carbons (Fsp3) is 0.350. The van der Waals surface area contributed by atoms with E-state index in [1.54, 1.807) is 20.3 Å². The van der Waals surface area contributed by atoms with E-state index in [0.717, 1.165) is 11.1 Å². The zero-order valence-electron chi connectivity index (χ0n) is 15.4. The lowest BCUT2D eigenvalue weighted by Gasteiger charge is -2.29. The second-order valence-corrected chi connectivity index (χ2v) is 6.19. The van der Waals surface area contributed by atoms with Gasteiger partial charge in [-0.3, -0.25) is 4.79 Å². The van der Waals surface area contributed by atoms with E-state index in [0.29, 0.717) is 47.7 Å². The maximum absolute atomic E-state index is 12.3. The smallest absolute Gasteiger partial charge is 0.312 e. The average molecular weight is 372 g/mol. The molecule has 7 heteroatoms. The lowest BCUT2D eigenvalue weighted by molar-refractivity contribution is -0.135. The number of fused-ring (bicyclic) bond motifs is 2. The predicted octanol–water partition coefficient (Wildman–Crippen LogP) is 2.92. The van der Waals surface area contributed by atoms with Crippen LogP contribution in [-0.4, -0.2) is 40.5 Å². The Bertz CT molecular complexity index is 890. The Labute approximate surface area is 156 Å². The first kappa shape index (κ1) is 17.3. The van der Waals surface area contributed by atoms with E-state index in [1.165, 1.54) is 7.11 Å². The SMILES string of the molecule is COc1cc2c(c(OC)c1OC)[C@H](c1ccc3c(c1)OCCO3)CC(=O)O2. The Morgan fingerprint density at radius 3 is 2.33 bits per heavy atom. The molecule has 0 aliphatic carbocycles. The first-order valence-electron chi connectivity index (χ1n) is 8.59. The molecule has 0 fully saturated rings. The first-order valence-corrected chi connectivity index (χ1v) is 8.59. The number of rotatable bonds is 4. The van der Waals surface area contributed by atoms with Gasteiger partial charge in [-0.2, -0.15) is 0 Å². The van der Waals surface area contributed by atoms with Crippen LogP contribution in [-0.2, 0) is 4.79 Å². The molecule has 0 unspecified atom stereocenters. The topological polar surface area (TPSA) is 72.5 Å². The number of hydrogen-bond acceptors (Lipinski definition) is 7. The molecule has 2 aromatic carbocycles. The third kappa shape index (κ3) is 2.89. The third-order valence-corrected chi connectivity index (χ3v) is 4.74. The van der Waals surface area contributed by atoms with Crippen molar-refractivity contribution in [2.75, 3.05) is 34.5 Å². The van der Waals surface area contributed by atoms with Crippen LogP contribution in [0, 0.1) is 0 Å². The number of hydrogen-bond donors (Lipinski definition) is 0. The van der Waals surface area contributed by atoms with Crippen LogP contribution in [0.1, 0.15) is 23.5 Å². The van der Waals surface area contributed by atoms with Crippen LogP contribution in [0.3, 0.4) is 0 Å². The van der Waals surface area contributed by atoms with Crippen molar-refractivity contribution >= 4 is 5.97 Å². The van der Waals surface area contributed by atoms with Gasteiger partial charge in [-0.15, -0.1) is 0 Å². The highest BCUT2D eigenvalue weighted by Gasteiger charge is 2.35. The van der Waals surface area contributed by atoms with Crippen molar-refractivity contribution in [1.82, 2.24) is 0 Å². The Balaban J connectivity index is 1.88. The van der Waals surface area contributed by atoms with Crippen molar-refractivity contribution in [1.29, 1.82) is 0 Å². The number of esters is 1. The highest BCUT2D eigenvalue weighted by Crippen LogP contribution is 2.52. The monoisotopic (exact) mass is 372 g/mol. The van der Waals surface area contributed by atoms with Gasteiger partial charge >= 0.3 is 5.97 Å². The Morgan fingerprint density at radius 2 is 1.63 bits per heavy atom. The fourth-order valence-electron chi connectivity index (χ4n) is 3.56. The molecule has 0 saturated carbocycles. The van der Waals surface area contributed by atoms with Gasteiger partial charge in [-0.1, -0.05) is 6.07 Å². The quantitative estimate of drug-likeness (QED) is 0.603. The molecule has 27 heavy (non-hydrogen) atoms. The van der Waals surface area contributed by atoms with Gasteiger partial charge in [0.15, 0.2) is 23.0 Å². The molecule has 0 saturated heterocycles. The Kier molecular flexibility index (Phi) is 4.43. The predicted molar refractivity (Wildman–Crippen MR) is 95.6 cm³/mol. The molecule has 1 atom stereocenters. The van der Waals surface area contributed by atoms with Crippen LogP contribution in [0.2, 0.25) is 0 Å². The van der Waals surface area contributed by atoms with E-state index in [2.05, 4.69) is 0 Å². The molecule has 0 bridgehead atoms. The number of carbonyl (C=O) groups is 1. The standard InChI is InChI=1S/C20H20O7/c1-22-16-10-15-18(20(24-3)19(16)23-2)12(9-17(21)27-15)11-4-5-13-14(8-11)26-7-6-25-13/h4-5,8,10,12H,6-7,9H2,1-3H3/t12-/m0/s1. The second-order valence-electron chi connectivity index (χ2n) is 6.19. The van der Waals surface area contributed by atoms with Crippen LogP contribution < -0.4 is 28.4 Å². The molecule has 7 nitrogen and oxygen atoms in total. The summed E-state index contributed by atoms with van der Waals surface area (Å²) in [5.74, 6) is 2.55. The van der Waals surface area contributed by atoms with Gasteiger partial charge in [0.2, 0.25) is 5.75 Å². The Hall–Kier alpha value is -3.09. The summed E-state index contributed by atoms with van der Waals surface area (Å²) in [6.45, 7) is 1.02. The molecule has 2 aliphatic heterocycles. The van der Waals surface area contributed by atoms with E-state index in [9.17, 15) is 4.79 Å². The summed E-state index contributed by atoms with van der Waals surface area (Å²) in [6, 6.07) is 7.34. The Morgan fingerprint density at radius 1 is 0.889 bits per heavy atom. The summed E-state index contributed by atoms with van der Waals surface area (Å²) in [4.78, 5) is 12.3. The number of methoxy groups -OCH3 is 3. The van der Waals surface area contributed by atoms with Crippen molar-refractivity contribution in [3.8, 4) is 34.5 Å². The van der Waals surface area contributed by atoms with Crippen LogP contribution in [0.25, 0.3) is 0 Å². The highest BCUT2D eigenvalue weighted by atomic mass is 16.6. The largest absolute Gasteiger partial charge is 0.493 e. The summed E-state index contributed by atoms with van der Waals surface area (Å²) in [5.41, 5.74) is 1.65. The molecule has 142 valence electrons. The molecule has 2 aliphatic rings. The summed E-state index contributed by atoms with van der Waals surface area (Å²) in [6.07, 6.45) is 0.179. The van der Waals surface area contributed by atoms with Gasteiger partial charge in [0.05, 0.1) is 27.8 Å². The minimum Gasteiger partial charge on any atom is -0.493 e. The van der Waals surface area contributed by atoms with E-state index < -0.39 is 0 Å². The number of benzene rings is 2. The number of ether oxygens (including phenoxy) is 6. The van der Waals surface area contributed by atoms with Crippen molar-refractivity contribution < 1.29 is 33.2 Å². The summed E-state index contributed by atoms with van der Waals surface area (Å²) < 4.78 is 33.2. The summed E-state index contributed by atoms with van der Waals surface area (Å²) >= 11 is 0. The van der Waals surface area contributed by atoms with Crippen LogP contribution in [0.5, 0.6) is 34.5 Å². The zero-order chi connectivity index (χ0) is 19.0. The van der Waals surface area contributed by atoms with Crippen molar-refractivity contribution in [3.63, 3.8) is 0 Å². The molecule has 4 rings (SSSR count). The molecule has 0 aromatic heterocycles. The molecular formula is C20H20O7. The first-order chi connectivity index (χ1) is 13.2. The maximum Gasteiger partial charge on any atom is 0.312 e. The molecule has 2 heterocycles. The van der Waals surface area contributed by atoms with E-state index in [-0.39, 0.29) is 18.3 Å². The van der Waals surface area contributed by atoms with Crippen LogP contribution in [0.4, 0.5) is 0 Å². The molecule has 2 aromatic rings. The van der Waals surface area contributed by atoms with E-state index in [1.807, 2.05) is 18.2 Å². The van der Waals surface area contributed by atoms with Crippen molar-refractivity contribution in [3.05, 3.63) is 35.4 Å². The second kappa shape index (κ2) is 6.90. The molecular weight excluding hydrogens is 352 g/mol. The van der Waals surface area contributed by atoms with Crippen molar-refractivity contribution in [2.24, 2.45) is 0 Å². The van der Waals surface area contributed by atoms with Gasteiger partial charge in [-0.05, 0) is 17.7 Å². The minimum absolute atomic E-state index is 0.179. The lowest BCUT2D eigenvalue weighted by atomic mass is 9.85. The molecule has 0 radical (unpaired) electrons. The molecule has 0 spiro atoms. The van der Waals surface area contributed by atoms with Crippen LogP contribution in [0.15, 0.2) is 24.3 Å². The van der Waals surface area contributed by atoms with Gasteiger partial charge < -0.3 is 28.4 Å². The fourth-order valence-corrected chi connectivity index (χ4v) is 3.56. The van der Waals surface area contributed by atoms with Gasteiger partial charge in [0.25, 0.3) is 0 Å². The van der Waals surface area contributed by atoms with Gasteiger partial charge in [0.1, 0.15) is 19.0 Å². The normalized spacial score (nSPS) is 17.6. The van der Waals surface area contributed by atoms with Crippen LogP contribution >= 0.6 is 0 Å². The van der Waals surface area contributed by atoms with E-state index >= 15 is 0 Å². The molecule has 0 amide bonds. The molecule has 0 N–H and O–H groups in total. The van der Waals surface area contributed by atoms with Gasteiger partial charge in [-0.25, -0.2) is 0 Å². The zero-order valence-corrected chi connectivity index (χ0v) is 15.4. The number of carbonyl (C=O) groups excluding carboxylic acids is 1. The third-order valence-electron chi connectivity index (χ3n) is 4.74. The van der Waals surface area contributed by atoms with E-state index in [4.69, 9.17) is 28.4 Å². The van der Waals surface area contributed by atoms with Gasteiger partial charge in [0, 0.05) is 17.5 Å².